The SMILES string of the molecule is O=C1CCN1C1(C(=O)Nc2ccccc2)CCCCC1. The Morgan fingerprint density at radius 3 is 2.35 bits per heavy atom. The van der Waals surface area contributed by atoms with E-state index in [2.05, 4.69) is 5.32 Å². The van der Waals surface area contributed by atoms with E-state index >= 15 is 0 Å². The maximum Gasteiger partial charge on any atom is 0.250 e. The average Bonchev–Trinajstić information content (AvgIpc) is 2.47. The summed E-state index contributed by atoms with van der Waals surface area (Å²) in [6, 6.07) is 9.49. The third kappa shape index (κ3) is 2.19. The van der Waals surface area contributed by atoms with Crippen LogP contribution in [0.15, 0.2) is 30.3 Å². The van der Waals surface area contributed by atoms with Crippen molar-refractivity contribution in [2.45, 2.75) is 44.1 Å². The van der Waals surface area contributed by atoms with Crippen LogP contribution in [0.2, 0.25) is 0 Å². The first-order valence-corrected chi connectivity index (χ1v) is 7.39. The van der Waals surface area contributed by atoms with E-state index in [0.717, 1.165) is 44.3 Å². The molecule has 1 saturated carbocycles. The number of nitrogens with one attached hydrogen (secondary N) is 1. The van der Waals surface area contributed by atoms with E-state index in [4.69, 9.17) is 0 Å². The molecule has 0 unspecified atom stereocenters. The quantitative estimate of drug-likeness (QED) is 0.860. The van der Waals surface area contributed by atoms with Gasteiger partial charge in [0.05, 0.1) is 0 Å². The van der Waals surface area contributed by atoms with Crippen LogP contribution < -0.4 is 5.32 Å². The monoisotopic (exact) mass is 272 g/mol. The normalized spacial score (nSPS) is 21.2. The van der Waals surface area contributed by atoms with Gasteiger partial charge >= 0.3 is 0 Å². The van der Waals surface area contributed by atoms with Gasteiger partial charge in [0.15, 0.2) is 0 Å². The number of rotatable bonds is 3. The van der Waals surface area contributed by atoms with Crippen LogP contribution in [-0.4, -0.2) is 28.8 Å². The van der Waals surface area contributed by atoms with Gasteiger partial charge in [-0.05, 0) is 25.0 Å². The van der Waals surface area contributed by atoms with Gasteiger partial charge in [-0.2, -0.15) is 0 Å². The van der Waals surface area contributed by atoms with E-state index in [0.29, 0.717) is 6.42 Å². The molecule has 1 aliphatic heterocycles. The van der Waals surface area contributed by atoms with Gasteiger partial charge in [-0.15, -0.1) is 0 Å². The number of para-hydroxylation sites is 1. The smallest absolute Gasteiger partial charge is 0.250 e. The minimum absolute atomic E-state index is 0.0172. The highest BCUT2D eigenvalue weighted by molar-refractivity contribution is 6.01. The Morgan fingerprint density at radius 2 is 1.80 bits per heavy atom. The lowest BCUT2D eigenvalue weighted by molar-refractivity contribution is -0.157. The van der Waals surface area contributed by atoms with Gasteiger partial charge in [-0.1, -0.05) is 37.5 Å². The van der Waals surface area contributed by atoms with E-state index < -0.39 is 5.54 Å². The molecule has 2 aliphatic rings. The number of benzene rings is 1. The van der Waals surface area contributed by atoms with Crippen LogP contribution in [-0.2, 0) is 9.59 Å². The first kappa shape index (κ1) is 13.2. The van der Waals surface area contributed by atoms with Crippen LogP contribution in [0.1, 0.15) is 38.5 Å². The second-order valence-corrected chi connectivity index (χ2v) is 5.71. The van der Waals surface area contributed by atoms with E-state index in [-0.39, 0.29) is 11.8 Å². The van der Waals surface area contributed by atoms with Crippen molar-refractivity contribution < 1.29 is 9.59 Å². The fourth-order valence-electron chi connectivity index (χ4n) is 3.29. The summed E-state index contributed by atoms with van der Waals surface area (Å²) in [6.45, 7) is 0.723. The molecular formula is C16H20N2O2. The third-order valence-corrected chi connectivity index (χ3v) is 4.50. The Hall–Kier alpha value is -1.84. The van der Waals surface area contributed by atoms with Gasteiger partial charge in [-0.3, -0.25) is 9.59 Å². The fourth-order valence-corrected chi connectivity index (χ4v) is 3.29. The zero-order chi connectivity index (χ0) is 14.0. The highest BCUT2D eigenvalue weighted by atomic mass is 16.2. The number of β-lactam (4-membered cyclic amide) rings is 1. The van der Waals surface area contributed by atoms with Gasteiger partial charge < -0.3 is 10.2 Å². The van der Waals surface area contributed by atoms with E-state index in [1.165, 1.54) is 0 Å². The second-order valence-electron chi connectivity index (χ2n) is 5.71. The summed E-state index contributed by atoms with van der Waals surface area (Å²) in [7, 11) is 0. The van der Waals surface area contributed by atoms with Crippen molar-refractivity contribution in [2.24, 2.45) is 0 Å². The fraction of sp³-hybridized carbons (Fsp3) is 0.500. The van der Waals surface area contributed by atoms with Crippen LogP contribution in [0.5, 0.6) is 0 Å². The van der Waals surface area contributed by atoms with E-state index in [9.17, 15) is 9.59 Å². The minimum atomic E-state index is -0.608. The molecule has 0 atom stereocenters. The van der Waals surface area contributed by atoms with Crippen molar-refractivity contribution in [1.82, 2.24) is 4.90 Å². The number of carbonyl (C=O) groups excluding carboxylic acids is 2. The summed E-state index contributed by atoms with van der Waals surface area (Å²) in [5, 5.41) is 2.99. The molecule has 1 aliphatic carbocycles. The number of nitrogens with zero attached hydrogens (tertiary/aromatic N) is 1. The third-order valence-electron chi connectivity index (χ3n) is 4.50. The molecule has 4 heteroatoms. The Bertz CT molecular complexity index is 506. The molecule has 1 aromatic rings. The zero-order valence-electron chi connectivity index (χ0n) is 11.6. The minimum Gasteiger partial charge on any atom is -0.327 e. The number of likely N-dealkylation sites (tertiary alicyclic amines) is 1. The molecule has 0 spiro atoms. The summed E-state index contributed by atoms with van der Waals surface area (Å²) < 4.78 is 0. The molecule has 0 radical (unpaired) electrons. The molecular weight excluding hydrogens is 252 g/mol. The number of hydrogen-bond donors (Lipinski definition) is 1. The Morgan fingerprint density at radius 1 is 1.10 bits per heavy atom. The van der Waals surface area contributed by atoms with Crippen LogP contribution in [0.25, 0.3) is 0 Å². The number of anilines is 1. The van der Waals surface area contributed by atoms with Gasteiger partial charge in [0.2, 0.25) is 11.8 Å². The van der Waals surface area contributed by atoms with Gasteiger partial charge in [0.25, 0.3) is 0 Å². The Labute approximate surface area is 119 Å². The molecule has 0 bridgehead atoms. The van der Waals surface area contributed by atoms with Crippen LogP contribution >= 0.6 is 0 Å². The molecule has 0 aromatic heterocycles. The zero-order valence-corrected chi connectivity index (χ0v) is 11.6. The number of amides is 2. The second kappa shape index (κ2) is 5.27. The van der Waals surface area contributed by atoms with Gasteiger partial charge in [0.1, 0.15) is 5.54 Å². The van der Waals surface area contributed by atoms with Crippen molar-refractivity contribution in [2.75, 3.05) is 11.9 Å². The molecule has 106 valence electrons. The van der Waals surface area contributed by atoms with Crippen LogP contribution in [0.3, 0.4) is 0 Å². The molecule has 2 amide bonds. The largest absolute Gasteiger partial charge is 0.327 e. The van der Waals surface area contributed by atoms with E-state index in [1.807, 2.05) is 30.3 Å². The highest BCUT2D eigenvalue weighted by Crippen LogP contribution is 2.38. The van der Waals surface area contributed by atoms with Crippen molar-refractivity contribution in [3.8, 4) is 0 Å². The summed E-state index contributed by atoms with van der Waals surface area (Å²) in [6.07, 6.45) is 5.36. The van der Waals surface area contributed by atoms with E-state index in [1.54, 1.807) is 4.90 Å². The molecule has 1 saturated heterocycles. The lowest BCUT2D eigenvalue weighted by Crippen LogP contribution is -2.64. The molecule has 4 nitrogen and oxygen atoms in total. The molecule has 20 heavy (non-hydrogen) atoms. The van der Waals surface area contributed by atoms with Crippen molar-refractivity contribution in [1.29, 1.82) is 0 Å². The summed E-state index contributed by atoms with van der Waals surface area (Å²) in [5.41, 5.74) is 0.194. The summed E-state index contributed by atoms with van der Waals surface area (Å²) in [5.74, 6) is 0.103. The molecule has 1 N–H and O–H groups in total. The molecule has 3 rings (SSSR count). The highest BCUT2D eigenvalue weighted by Gasteiger charge is 2.49. The molecule has 1 heterocycles. The van der Waals surface area contributed by atoms with Crippen LogP contribution in [0.4, 0.5) is 5.69 Å². The van der Waals surface area contributed by atoms with Crippen molar-refractivity contribution in [3.63, 3.8) is 0 Å². The Kier molecular flexibility index (Phi) is 3.47. The summed E-state index contributed by atoms with van der Waals surface area (Å²) in [4.78, 5) is 26.4. The van der Waals surface area contributed by atoms with Crippen LogP contribution in [0, 0.1) is 0 Å². The summed E-state index contributed by atoms with van der Waals surface area (Å²) >= 11 is 0. The molecule has 2 fully saturated rings. The number of hydrogen-bond acceptors (Lipinski definition) is 2. The predicted molar refractivity (Wildman–Crippen MR) is 77.2 cm³/mol. The number of carbonyl (C=O) groups is 2. The van der Waals surface area contributed by atoms with Crippen molar-refractivity contribution in [3.05, 3.63) is 30.3 Å². The average molecular weight is 272 g/mol. The topological polar surface area (TPSA) is 49.4 Å². The van der Waals surface area contributed by atoms with Gasteiger partial charge in [0, 0.05) is 18.7 Å². The first-order valence-electron chi connectivity index (χ1n) is 7.39. The standard InChI is InChI=1S/C16H20N2O2/c19-14-9-12-18(14)16(10-5-2-6-11-16)15(20)17-13-7-3-1-4-8-13/h1,3-4,7-8H,2,5-6,9-12H2,(H,17,20). The van der Waals surface area contributed by atoms with Gasteiger partial charge in [-0.25, -0.2) is 0 Å². The first-order chi connectivity index (χ1) is 9.72. The van der Waals surface area contributed by atoms with Crippen molar-refractivity contribution >= 4 is 17.5 Å². The lowest BCUT2D eigenvalue weighted by Gasteiger charge is -2.49. The maximum absolute atomic E-state index is 12.8. The maximum atomic E-state index is 12.8. The lowest BCUT2D eigenvalue weighted by atomic mass is 9.77. The Balaban J connectivity index is 1.81. The molecule has 1 aromatic carbocycles. The predicted octanol–water partition coefficient (Wildman–Crippen LogP) is 2.56.